The van der Waals surface area contributed by atoms with Gasteiger partial charge >= 0.3 is 11.8 Å². The van der Waals surface area contributed by atoms with Crippen LogP contribution >= 0.6 is 0 Å². The number of halogens is 1. The quantitative estimate of drug-likeness (QED) is 0.166. The summed E-state index contributed by atoms with van der Waals surface area (Å²) in [4.78, 5) is 16.6. The van der Waals surface area contributed by atoms with Crippen LogP contribution in [0.15, 0.2) is 45.9 Å². The van der Waals surface area contributed by atoms with Crippen molar-refractivity contribution in [2.75, 3.05) is 6.61 Å². The molecule has 1 heterocycles. The minimum atomic E-state index is -0.290. The number of nitrogens with zero attached hydrogens (tertiary/aromatic N) is 2. The van der Waals surface area contributed by atoms with Crippen molar-refractivity contribution >= 4 is 18.0 Å². The summed E-state index contributed by atoms with van der Waals surface area (Å²) in [5.41, 5.74) is 0.992. The van der Waals surface area contributed by atoms with Crippen molar-refractivity contribution in [3.63, 3.8) is 0 Å². The SMILES string of the molecule is CCCCCCCCCCCCOC(=O)C[n+]1oc(C)cc1N=Cc1ccccc1.[Br-]. The van der Waals surface area contributed by atoms with Gasteiger partial charge in [0.25, 0.3) is 0 Å². The Kier molecular flexibility index (Phi) is 14.6. The molecule has 1 aromatic heterocycles. The summed E-state index contributed by atoms with van der Waals surface area (Å²) in [6.07, 6.45) is 14.4. The average molecular weight is 493 g/mol. The Morgan fingerprint density at radius 2 is 1.61 bits per heavy atom. The molecule has 0 saturated heterocycles. The standard InChI is InChI=1S/C25H37N2O3.BrH/c1-3-4-5-6-7-8-9-10-11-15-18-29-25(28)21-27-24(19-22(2)30-27)26-20-23-16-13-12-14-17-23;/h12-14,16-17,19-20H,3-11,15,18,21H2,1-2H3;1H/q+1;/p-1. The van der Waals surface area contributed by atoms with E-state index in [4.69, 9.17) is 9.26 Å². The molecule has 0 fully saturated rings. The average Bonchev–Trinajstić information content (AvgIpc) is 3.10. The Morgan fingerprint density at radius 1 is 1.00 bits per heavy atom. The van der Waals surface area contributed by atoms with Crippen LogP contribution in [0.2, 0.25) is 0 Å². The van der Waals surface area contributed by atoms with E-state index >= 15 is 0 Å². The van der Waals surface area contributed by atoms with E-state index in [1.807, 2.05) is 43.3 Å². The molecule has 0 amide bonds. The summed E-state index contributed by atoms with van der Waals surface area (Å²) in [6, 6.07) is 11.6. The zero-order chi connectivity index (χ0) is 21.4. The van der Waals surface area contributed by atoms with Crippen LogP contribution in [-0.4, -0.2) is 18.8 Å². The Labute approximate surface area is 197 Å². The lowest BCUT2D eigenvalue weighted by molar-refractivity contribution is -0.845. The zero-order valence-electron chi connectivity index (χ0n) is 19.0. The molecule has 0 spiro atoms. The summed E-state index contributed by atoms with van der Waals surface area (Å²) < 4.78 is 12.4. The van der Waals surface area contributed by atoms with Gasteiger partial charge in [0.2, 0.25) is 6.54 Å². The maximum Gasteiger partial charge on any atom is 0.361 e. The molecule has 0 N–H and O–H groups in total. The molecule has 5 nitrogen and oxygen atoms in total. The van der Waals surface area contributed by atoms with Gasteiger partial charge in [-0.15, -0.1) is 0 Å². The first-order valence-electron chi connectivity index (χ1n) is 11.4. The molecule has 0 unspecified atom stereocenters. The van der Waals surface area contributed by atoms with Crippen LogP contribution in [0.25, 0.3) is 0 Å². The zero-order valence-corrected chi connectivity index (χ0v) is 20.6. The third-order valence-electron chi connectivity index (χ3n) is 5.02. The lowest BCUT2D eigenvalue weighted by Crippen LogP contribution is -3.00. The van der Waals surface area contributed by atoms with Gasteiger partial charge in [-0.25, -0.2) is 4.79 Å². The number of aryl methyl sites for hydroxylation is 1. The lowest BCUT2D eigenvalue weighted by Gasteiger charge is -2.04. The Balaban J connectivity index is 0.00000480. The molecular formula is C25H37BrN2O3. The van der Waals surface area contributed by atoms with Gasteiger partial charge in [0.1, 0.15) is 6.21 Å². The van der Waals surface area contributed by atoms with E-state index in [1.54, 1.807) is 6.21 Å². The first kappa shape index (κ1) is 27.1. The third-order valence-corrected chi connectivity index (χ3v) is 5.02. The number of ether oxygens (including phenoxy) is 1. The van der Waals surface area contributed by atoms with E-state index in [0.29, 0.717) is 18.2 Å². The number of carbonyl (C=O) groups excluding carboxylic acids is 1. The minimum Gasteiger partial charge on any atom is -1.00 e. The molecule has 1 aromatic carbocycles. The number of rotatable bonds is 15. The summed E-state index contributed by atoms with van der Waals surface area (Å²) >= 11 is 0. The Morgan fingerprint density at radius 3 is 2.26 bits per heavy atom. The van der Waals surface area contributed by atoms with Gasteiger partial charge in [0.15, 0.2) is 5.76 Å². The van der Waals surface area contributed by atoms with Crippen molar-refractivity contribution in [1.82, 2.24) is 0 Å². The van der Waals surface area contributed by atoms with E-state index in [2.05, 4.69) is 11.9 Å². The summed E-state index contributed by atoms with van der Waals surface area (Å²) in [5, 5.41) is 0. The maximum absolute atomic E-state index is 12.2. The fraction of sp³-hybridized carbons (Fsp3) is 0.560. The number of hydrogen-bond acceptors (Lipinski definition) is 4. The van der Waals surface area contributed by atoms with E-state index in [-0.39, 0.29) is 29.5 Å². The number of unbranched alkanes of at least 4 members (excludes halogenated alkanes) is 9. The largest absolute Gasteiger partial charge is 1.00 e. The van der Waals surface area contributed by atoms with Crippen LogP contribution in [0.3, 0.4) is 0 Å². The molecule has 0 aliphatic carbocycles. The molecule has 0 aliphatic rings. The molecule has 0 saturated carbocycles. The number of esters is 1. The van der Waals surface area contributed by atoms with Gasteiger partial charge in [-0.2, -0.15) is 0 Å². The molecule has 31 heavy (non-hydrogen) atoms. The first-order chi connectivity index (χ1) is 14.7. The fourth-order valence-corrected chi connectivity index (χ4v) is 3.33. The monoisotopic (exact) mass is 492 g/mol. The van der Waals surface area contributed by atoms with Crippen LogP contribution in [0.1, 0.15) is 82.5 Å². The molecule has 172 valence electrons. The molecule has 0 atom stereocenters. The second-order valence-corrected chi connectivity index (χ2v) is 7.81. The number of aromatic nitrogens is 1. The normalized spacial score (nSPS) is 10.9. The van der Waals surface area contributed by atoms with Gasteiger partial charge in [-0.1, -0.05) is 99.8 Å². The van der Waals surface area contributed by atoms with Crippen LogP contribution in [0, 0.1) is 6.92 Å². The third kappa shape index (κ3) is 11.9. The summed E-state index contributed by atoms with van der Waals surface area (Å²) in [5.74, 6) is 1.02. The van der Waals surface area contributed by atoms with Gasteiger partial charge in [0, 0.05) is 5.56 Å². The molecule has 0 radical (unpaired) electrons. The van der Waals surface area contributed by atoms with E-state index in [9.17, 15) is 4.79 Å². The smallest absolute Gasteiger partial charge is 0.361 e. The van der Waals surface area contributed by atoms with Crippen molar-refractivity contribution in [3.05, 3.63) is 47.7 Å². The number of hydrogen-bond donors (Lipinski definition) is 0. The number of carbonyl (C=O) groups is 1. The summed E-state index contributed by atoms with van der Waals surface area (Å²) in [6.45, 7) is 4.60. The van der Waals surface area contributed by atoms with Gasteiger partial charge in [-0.05, 0) is 18.3 Å². The van der Waals surface area contributed by atoms with E-state index in [1.165, 1.54) is 56.1 Å². The van der Waals surface area contributed by atoms with Gasteiger partial charge < -0.3 is 26.2 Å². The fourth-order valence-electron chi connectivity index (χ4n) is 3.33. The molecule has 2 rings (SSSR count). The molecule has 0 bridgehead atoms. The predicted molar refractivity (Wildman–Crippen MR) is 120 cm³/mol. The highest BCUT2D eigenvalue weighted by atomic mass is 79.9. The van der Waals surface area contributed by atoms with Crippen LogP contribution in [0.5, 0.6) is 0 Å². The van der Waals surface area contributed by atoms with Crippen molar-refractivity contribution in [2.45, 2.75) is 84.6 Å². The maximum atomic E-state index is 12.2. The van der Waals surface area contributed by atoms with Crippen LogP contribution < -0.4 is 21.7 Å². The number of aliphatic imine (C=N–C) groups is 1. The van der Waals surface area contributed by atoms with Gasteiger partial charge in [-0.3, -0.25) is 0 Å². The molecular weight excluding hydrogens is 456 g/mol. The predicted octanol–water partition coefficient (Wildman–Crippen LogP) is 3.09. The van der Waals surface area contributed by atoms with E-state index < -0.39 is 0 Å². The Bertz CT molecular complexity index is 759. The second kappa shape index (κ2) is 16.7. The molecule has 0 aliphatic heterocycles. The van der Waals surface area contributed by atoms with Crippen molar-refractivity contribution in [2.24, 2.45) is 4.99 Å². The lowest BCUT2D eigenvalue weighted by atomic mass is 10.1. The van der Waals surface area contributed by atoms with E-state index in [0.717, 1.165) is 18.4 Å². The minimum absolute atomic E-state index is 0. The first-order valence-corrected chi connectivity index (χ1v) is 11.4. The second-order valence-electron chi connectivity index (χ2n) is 7.81. The molecule has 6 heteroatoms. The van der Waals surface area contributed by atoms with Crippen molar-refractivity contribution in [3.8, 4) is 0 Å². The van der Waals surface area contributed by atoms with Crippen LogP contribution in [0.4, 0.5) is 5.82 Å². The Hall–Kier alpha value is -1.95. The highest BCUT2D eigenvalue weighted by Gasteiger charge is 2.19. The molecule has 2 aromatic rings. The highest BCUT2D eigenvalue weighted by Crippen LogP contribution is 2.11. The van der Waals surface area contributed by atoms with Crippen molar-refractivity contribution < 1.29 is 35.8 Å². The highest BCUT2D eigenvalue weighted by molar-refractivity contribution is 5.81. The van der Waals surface area contributed by atoms with Gasteiger partial charge in [0.05, 0.1) is 12.7 Å². The number of benzene rings is 1. The van der Waals surface area contributed by atoms with Crippen LogP contribution in [-0.2, 0) is 16.1 Å². The summed E-state index contributed by atoms with van der Waals surface area (Å²) in [7, 11) is 0. The van der Waals surface area contributed by atoms with Crippen molar-refractivity contribution in [1.29, 1.82) is 0 Å². The topological polar surface area (TPSA) is 55.7 Å².